The molecule has 2 heterocycles. The van der Waals surface area contributed by atoms with Crippen LogP contribution in [-0.4, -0.2) is 0 Å². The van der Waals surface area contributed by atoms with E-state index in [1.54, 1.807) is 6.07 Å². The van der Waals surface area contributed by atoms with Crippen molar-refractivity contribution in [2.24, 2.45) is 0 Å². The Bertz CT molecular complexity index is 404. The van der Waals surface area contributed by atoms with Gasteiger partial charge in [0, 0.05) is 14.3 Å². The molecule has 2 rings (SSSR count). The Kier molecular flexibility index (Phi) is 1.89. The zero-order valence-electron chi connectivity index (χ0n) is 6.61. The summed E-state index contributed by atoms with van der Waals surface area (Å²) >= 11 is 2.21. The zero-order valence-corrected chi connectivity index (χ0v) is 8.24. The lowest BCUT2D eigenvalue weighted by molar-refractivity contribution is -0.134. The zero-order chi connectivity index (χ0) is 9.64. The summed E-state index contributed by atoms with van der Waals surface area (Å²) in [6, 6.07) is 3.01. The molecular formula is C8H5F3S2. The van der Waals surface area contributed by atoms with Crippen molar-refractivity contribution < 1.29 is 13.2 Å². The lowest BCUT2D eigenvalue weighted by Gasteiger charge is -1.99. The monoisotopic (exact) mass is 222 g/mol. The van der Waals surface area contributed by atoms with E-state index in [-0.39, 0.29) is 0 Å². The molecule has 0 aromatic carbocycles. The van der Waals surface area contributed by atoms with Gasteiger partial charge < -0.3 is 0 Å². The Morgan fingerprint density at radius 3 is 2.23 bits per heavy atom. The third-order valence-corrected chi connectivity index (χ3v) is 3.86. The average Bonchev–Trinajstić information content (AvgIpc) is 2.40. The molecular weight excluding hydrogens is 217 g/mol. The molecule has 0 N–H and O–H groups in total. The number of hydrogen-bond donors (Lipinski definition) is 0. The first-order chi connectivity index (χ1) is 5.97. The minimum atomic E-state index is -4.20. The van der Waals surface area contributed by atoms with Crippen LogP contribution >= 0.6 is 22.7 Å². The first kappa shape index (κ1) is 9.02. The van der Waals surface area contributed by atoms with Gasteiger partial charge in [-0.15, -0.1) is 22.7 Å². The van der Waals surface area contributed by atoms with Crippen molar-refractivity contribution >= 4 is 32.1 Å². The highest BCUT2D eigenvalue weighted by atomic mass is 32.1. The second kappa shape index (κ2) is 2.72. The van der Waals surface area contributed by atoms with E-state index in [0.29, 0.717) is 0 Å². The van der Waals surface area contributed by atoms with E-state index in [1.165, 1.54) is 17.4 Å². The van der Waals surface area contributed by atoms with Crippen molar-refractivity contribution in [1.82, 2.24) is 0 Å². The first-order valence-electron chi connectivity index (χ1n) is 3.54. The molecule has 0 bridgehead atoms. The normalized spacial score (nSPS) is 12.6. The van der Waals surface area contributed by atoms with Crippen molar-refractivity contribution in [3.63, 3.8) is 0 Å². The summed E-state index contributed by atoms with van der Waals surface area (Å²) in [6.45, 7) is 1.89. The van der Waals surface area contributed by atoms with E-state index in [2.05, 4.69) is 0 Å². The van der Waals surface area contributed by atoms with E-state index in [1.807, 2.05) is 6.92 Å². The highest BCUT2D eigenvalue weighted by molar-refractivity contribution is 7.27. The van der Waals surface area contributed by atoms with E-state index in [0.717, 1.165) is 25.6 Å². The molecule has 0 amide bonds. The van der Waals surface area contributed by atoms with Crippen LogP contribution < -0.4 is 0 Å². The third-order valence-electron chi connectivity index (χ3n) is 1.61. The Labute approximate surface area is 80.6 Å². The predicted octanol–water partition coefficient (Wildman–Crippen LogP) is 4.29. The number of alkyl halides is 3. The largest absolute Gasteiger partial charge is 0.425 e. The van der Waals surface area contributed by atoms with Gasteiger partial charge in [0.15, 0.2) is 0 Å². The molecule has 0 saturated heterocycles. The lowest BCUT2D eigenvalue weighted by atomic mass is 10.4. The number of hydrogen-bond acceptors (Lipinski definition) is 2. The maximum absolute atomic E-state index is 12.2. The summed E-state index contributed by atoms with van der Waals surface area (Å²) in [5.74, 6) is 0. The minimum Gasteiger partial charge on any atom is -0.165 e. The van der Waals surface area contributed by atoms with E-state index >= 15 is 0 Å². The number of thiophene rings is 2. The van der Waals surface area contributed by atoms with Crippen LogP contribution in [0.2, 0.25) is 0 Å². The molecule has 2 aromatic heterocycles. The number of fused-ring (bicyclic) bond motifs is 1. The van der Waals surface area contributed by atoms with Gasteiger partial charge in [-0.3, -0.25) is 0 Å². The topological polar surface area (TPSA) is 0 Å². The van der Waals surface area contributed by atoms with Gasteiger partial charge in [-0.25, -0.2) is 0 Å². The number of halogens is 3. The summed E-state index contributed by atoms with van der Waals surface area (Å²) in [5.41, 5.74) is 0. The van der Waals surface area contributed by atoms with Gasteiger partial charge in [-0.1, -0.05) is 0 Å². The van der Waals surface area contributed by atoms with Crippen molar-refractivity contribution in [2.75, 3.05) is 0 Å². The minimum absolute atomic E-state index is 0.506. The molecule has 0 fully saturated rings. The van der Waals surface area contributed by atoms with Crippen LogP contribution in [0.3, 0.4) is 0 Å². The van der Waals surface area contributed by atoms with Crippen LogP contribution in [0.1, 0.15) is 9.75 Å². The predicted molar refractivity (Wildman–Crippen MR) is 49.4 cm³/mol. The van der Waals surface area contributed by atoms with Crippen LogP contribution in [0.25, 0.3) is 9.40 Å². The molecule has 5 heteroatoms. The summed E-state index contributed by atoms with van der Waals surface area (Å²) in [5, 5.41) is 0. The number of rotatable bonds is 0. The molecule has 0 radical (unpaired) electrons. The second-order valence-corrected chi connectivity index (χ2v) is 5.07. The smallest absolute Gasteiger partial charge is 0.165 e. The molecule has 0 aliphatic carbocycles. The van der Waals surface area contributed by atoms with Crippen LogP contribution in [0.15, 0.2) is 12.1 Å². The molecule has 2 aromatic rings. The molecule has 0 spiro atoms. The van der Waals surface area contributed by atoms with Crippen LogP contribution in [0.4, 0.5) is 13.2 Å². The maximum atomic E-state index is 12.2. The highest BCUT2D eigenvalue weighted by Gasteiger charge is 2.32. The van der Waals surface area contributed by atoms with Gasteiger partial charge in [0.1, 0.15) is 4.88 Å². The van der Waals surface area contributed by atoms with Gasteiger partial charge in [0.25, 0.3) is 0 Å². The van der Waals surface area contributed by atoms with Crippen LogP contribution in [0.5, 0.6) is 0 Å². The Morgan fingerprint density at radius 1 is 1.08 bits per heavy atom. The lowest BCUT2D eigenvalue weighted by Crippen LogP contribution is -2.00. The van der Waals surface area contributed by atoms with E-state index in [4.69, 9.17) is 0 Å². The number of aryl methyl sites for hydroxylation is 1. The molecule has 0 aliphatic heterocycles. The second-order valence-electron chi connectivity index (χ2n) is 2.69. The standard InChI is InChI=1S/C8H5F3S2/c1-4-2-5-6(12-4)3-7(13-5)8(9,10)11/h2-3H,1H3. The summed E-state index contributed by atoms with van der Waals surface area (Å²) < 4.78 is 38.1. The Balaban J connectivity index is 2.57. The summed E-state index contributed by atoms with van der Waals surface area (Å²) in [4.78, 5) is 0.545. The van der Waals surface area contributed by atoms with E-state index in [9.17, 15) is 13.2 Å². The fourth-order valence-corrected chi connectivity index (χ4v) is 3.28. The summed E-state index contributed by atoms with van der Waals surface area (Å²) in [6.07, 6.45) is -4.20. The third kappa shape index (κ3) is 1.58. The van der Waals surface area contributed by atoms with Gasteiger partial charge in [0.2, 0.25) is 0 Å². The Morgan fingerprint density at radius 2 is 1.69 bits per heavy atom. The molecule has 13 heavy (non-hydrogen) atoms. The van der Waals surface area contributed by atoms with Crippen LogP contribution in [-0.2, 0) is 6.18 Å². The quantitative estimate of drug-likeness (QED) is 0.623. The fourth-order valence-electron chi connectivity index (χ4n) is 1.10. The van der Waals surface area contributed by atoms with Crippen molar-refractivity contribution in [2.45, 2.75) is 13.1 Å². The molecule has 0 unspecified atom stereocenters. The molecule has 0 atom stereocenters. The van der Waals surface area contributed by atoms with Gasteiger partial charge in [-0.05, 0) is 19.1 Å². The molecule has 0 nitrogen and oxygen atoms in total. The first-order valence-corrected chi connectivity index (χ1v) is 5.17. The highest BCUT2D eigenvalue weighted by Crippen LogP contribution is 2.40. The van der Waals surface area contributed by atoms with Gasteiger partial charge in [0.05, 0.1) is 0 Å². The summed E-state index contributed by atoms with van der Waals surface area (Å²) in [7, 11) is 0. The molecule has 70 valence electrons. The maximum Gasteiger partial charge on any atom is 0.425 e. The van der Waals surface area contributed by atoms with Crippen molar-refractivity contribution in [1.29, 1.82) is 0 Å². The average molecular weight is 222 g/mol. The molecule has 0 saturated carbocycles. The fraction of sp³-hybridized carbons (Fsp3) is 0.250. The van der Waals surface area contributed by atoms with Crippen LogP contribution in [0, 0.1) is 6.92 Å². The van der Waals surface area contributed by atoms with Gasteiger partial charge >= 0.3 is 6.18 Å². The Hall–Kier alpha value is -0.550. The van der Waals surface area contributed by atoms with E-state index < -0.39 is 11.1 Å². The SMILES string of the molecule is Cc1cc2sc(C(F)(F)F)cc2s1. The van der Waals surface area contributed by atoms with Crippen molar-refractivity contribution in [3.05, 3.63) is 21.9 Å². The van der Waals surface area contributed by atoms with Crippen molar-refractivity contribution in [3.8, 4) is 0 Å². The molecule has 0 aliphatic rings. The van der Waals surface area contributed by atoms with Gasteiger partial charge in [-0.2, -0.15) is 13.2 Å².